The highest BCUT2D eigenvalue weighted by Gasteiger charge is 2.57. The molecule has 0 saturated carbocycles. The van der Waals surface area contributed by atoms with E-state index in [0.29, 0.717) is 64.7 Å². The molecule has 2 bridgehead atoms. The van der Waals surface area contributed by atoms with E-state index in [1.807, 2.05) is 66.4 Å². The fraction of sp³-hybridized carbons (Fsp3) is 0.481. The van der Waals surface area contributed by atoms with E-state index in [0.717, 1.165) is 169 Å². The molecule has 8 atom stereocenters. The Morgan fingerprint density at radius 2 is 1.02 bits per heavy atom. The number of likely N-dealkylation sites (N-methyl/N-ethyl adjacent to an activating group) is 2. The number of pyridine rings is 2. The lowest BCUT2D eigenvalue weighted by molar-refractivity contribution is -0.126. The minimum Gasteiger partial charge on any atom is -0.508 e. The van der Waals surface area contributed by atoms with Gasteiger partial charge in [0, 0.05) is 112 Å². The van der Waals surface area contributed by atoms with Crippen LogP contribution in [0.4, 0.5) is 0 Å². The number of carbonyl (C=O) groups excluding carboxylic acids is 2. The molecule has 17 nitrogen and oxygen atoms in total. The number of phenolic OH excluding ortho intramolecular Hbond substituents is 5. The van der Waals surface area contributed by atoms with Crippen LogP contribution in [0.1, 0.15) is 189 Å². The SMILES string of the molecule is CCC(=O)C1(c2cccc(O)c2)CCN(C)CC1.CCC1(c2cccc(O)c2)CCCCN(C)C1.CN1CC[C@@]2(c3cccc(O)c3)Cc3nc4ccccc4cc3C[C@@H]2C1.CN1CC[C@]2(c3cccc(O)c3)Cc3nc4ccccc4cc3C[C@H]2C1.COc1ccc2c(c1O)[C@]13CCN(C)[C@H](C2)[C@@H]1Cc1c([nH]c(C(=O)N(C(C)C)C(C)C)c1C)C3. The highest BCUT2D eigenvalue weighted by Crippen LogP contribution is 2.59. The van der Waals surface area contributed by atoms with Crippen molar-refractivity contribution in [2.24, 2.45) is 17.8 Å². The maximum atomic E-state index is 13.6. The van der Waals surface area contributed by atoms with Crippen molar-refractivity contribution in [3.63, 3.8) is 0 Å². The van der Waals surface area contributed by atoms with E-state index in [-0.39, 0.29) is 50.8 Å². The van der Waals surface area contributed by atoms with E-state index in [1.165, 1.54) is 92.6 Å². The van der Waals surface area contributed by atoms with Gasteiger partial charge in [0.2, 0.25) is 0 Å². The van der Waals surface area contributed by atoms with Crippen LogP contribution in [0.2, 0.25) is 0 Å². The van der Waals surface area contributed by atoms with E-state index in [1.54, 1.807) is 37.4 Å². The number of nitrogens with one attached hydrogen (secondary N) is 1. The lowest BCUT2D eigenvalue weighted by Crippen LogP contribution is -2.61. The maximum Gasteiger partial charge on any atom is 0.271 e. The zero-order valence-electron chi connectivity index (χ0n) is 74.1. The molecular weight excluding hydrogens is 1500 g/mol. The van der Waals surface area contributed by atoms with Crippen LogP contribution in [0.25, 0.3) is 21.8 Å². The van der Waals surface area contributed by atoms with Crippen LogP contribution in [0.15, 0.2) is 170 Å². The largest absolute Gasteiger partial charge is 0.508 e. The number of hydrogen-bond acceptors (Lipinski definition) is 15. The van der Waals surface area contributed by atoms with Gasteiger partial charge in [-0.3, -0.25) is 19.6 Å². The molecule has 121 heavy (non-hydrogen) atoms. The Balaban J connectivity index is 0.000000120. The molecule has 1 unspecified atom stereocenters. The lowest BCUT2D eigenvalue weighted by Gasteiger charge is -2.58. The average molecular weight is 1640 g/mol. The maximum absolute atomic E-state index is 13.6. The molecule has 17 heteroatoms. The predicted molar refractivity (Wildman–Crippen MR) is 486 cm³/mol. The molecule has 7 aromatic carbocycles. The number of nitrogens with zero attached hydrogens (tertiary/aromatic N) is 8. The molecule has 5 aliphatic heterocycles. The number of Topliss-reactive ketones (excluding diaryl/α,β-unsaturated/α-hetero) is 1. The number of carbonyl (C=O) groups is 2. The third-order valence-corrected chi connectivity index (χ3v) is 30.2. The predicted octanol–water partition coefficient (Wildman–Crippen LogP) is 17.6. The Morgan fingerprint density at radius 3 is 1.55 bits per heavy atom. The monoisotopic (exact) mass is 1630 g/mol. The van der Waals surface area contributed by atoms with E-state index in [9.17, 15) is 35.1 Å². The van der Waals surface area contributed by atoms with Gasteiger partial charge in [0.1, 0.15) is 34.5 Å². The quantitative estimate of drug-likeness (QED) is 0.0713. The fourth-order valence-corrected chi connectivity index (χ4v) is 23.6. The summed E-state index contributed by atoms with van der Waals surface area (Å²) < 4.78 is 5.52. The van der Waals surface area contributed by atoms with Gasteiger partial charge in [-0.2, -0.15) is 0 Å². The molecular formula is C104H131N9O8. The van der Waals surface area contributed by atoms with Gasteiger partial charge in [-0.25, -0.2) is 0 Å². The Kier molecular flexibility index (Phi) is 25.5. The Hall–Kier alpha value is -9.62. The van der Waals surface area contributed by atoms with E-state index in [2.05, 4.69) is 191 Å². The van der Waals surface area contributed by atoms with Gasteiger partial charge in [-0.15, -0.1) is 0 Å². The zero-order chi connectivity index (χ0) is 85.5. The number of piperidine rings is 4. The van der Waals surface area contributed by atoms with Crippen molar-refractivity contribution in [2.45, 2.75) is 203 Å². The van der Waals surface area contributed by atoms with E-state index < -0.39 is 0 Å². The highest BCUT2D eigenvalue weighted by molar-refractivity contribution is 5.95. The van der Waals surface area contributed by atoms with Crippen molar-refractivity contribution >= 4 is 33.5 Å². The smallest absolute Gasteiger partial charge is 0.271 e. The third kappa shape index (κ3) is 17.0. The highest BCUT2D eigenvalue weighted by atomic mass is 16.5. The van der Waals surface area contributed by atoms with Crippen molar-refractivity contribution in [3.8, 4) is 34.5 Å². The van der Waals surface area contributed by atoms with Gasteiger partial charge in [0.15, 0.2) is 11.5 Å². The molecule has 4 aliphatic carbocycles. The number of likely N-dealkylation sites (tertiary alicyclic amines) is 5. The summed E-state index contributed by atoms with van der Waals surface area (Å²) in [6.07, 6.45) is 17.2. The van der Waals surface area contributed by atoms with Crippen molar-refractivity contribution in [3.05, 3.63) is 248 Å². The number of rotatable bonds is 11. The van der Waals surface area contributed by atoms with Gasteiger partial charge in [-0.05, 0) is 339 Å². The molecule has 1 amide bonds. The van der Waals surface area contributed by atoms with Crippen molar-refractivity contribution in [2.75, 3.05) is 101 Å². The standard InChI is InChI=1S/C28H39N3O3.2C23H24N2O.C15H21NO2.C15H23NO/c1-15(2)31(16(3)4)27(33)25-17(5)19-13-20-22-12-18-8-9-23(34-7)26(32)24(18)28(20,10-11-30(22)6)14-21(19)29-25;2*1-25-10-9-23(18-6-4-7-20(26)13-18)14-22-17(12-19(23)15-25)11-16-5-2-3-8-21(16)24-22;1-3-14(18)15(7-9-16(2)10-8-15)12-5-4-6-13(17)11-12;1-3-15(9-4-5-10-16(2)12-15)13-7-6-8-14(17)11-13/h8-9,15-16,20,22,29,32H,10-14H2,1-7H3;2*2-8,11,13,19,26H,9-10,12,14-15H2,1H3;4-6,11,17H,3,7-10H2,1-2H3;6-8,11,17H,3-5,9-10,12H2,1-2H3/t20-,22+,28-;2*19-,23+;;/m010../s1. The molecule has 0 spiro atoms. The molecule has 8 heterocycles. The van der Waals surface area contributed by atoms with Crippen LogP contribution in [0, 0.1) is 24.7 Å². The Labute approximate surface area is 718 Å². The lowest BCUT2D eigenvalue weighted by atomic mass is 9.52. The molecule has 6 N–H and O–H groups in total. The summed E-state index contributed by atoms with van der Waals surface area (Å²) in [4.78, 5) is 53.8. The summed E-state index contributed by atoms with van der Waals surface area (Å²) in [6.45, 7) is 24.2. The molecule has 3 aromatic heterocycles. The van der Waals surface area contributed by atoms with E-state index >= 15 is 0 Å². The number of methoxy groups -OCH3 is 1. The van der Waals surface area contributed by atoms with Crippen LogP contribution in [0.5, 0.6) is 34.5 Å². The number of aromatic hydroxyl groups is 5. The van der Waals surface area contributed by atoms with Crippen molar-refractivity contribution in [1.82, 2.24) is 44.4 Å². The number of ether oxygens (including phenoxy) is 1. The summed E-state index contributed by atoms with van der Waals surface area (Å²) >= 11 is 0. The van der Waals surface area contributed by atoms with Gasteiger partial charge >= 0.3 is 0 Å². The number of para-hydroxylation sites is 2. The molecule has 5 saturated heterocycles. The van der Waals surface area contributed by atoms with Crippen LogP contribution in [-0.4, -0.2) is 201 Å². The summed E-state index contributed by atoms with van der Waals surface area (Å²) in [5.74, 6) is 4.11. The second-order valence-electron chi connectivity index (χ2n) is 38.0. The van der Waals surface area contributed by atoms with Crippen molar-refractivity contribution < 1.29 is 39.9 Å². The molecule has 10 aromatic rings. The van der Waals surface area contributed by atoms with Gasteiger partial charge in [0.25, 0.3) is 5.91 Å². The number of hydrogen-bond donors (Lipinski definition) is 6. The average Bonchev–Trinajstić information content (AvgIpc) is 1.69. The topological polar surface area (TPSA) is 206 Å². The normalized spacial score (nSPS) is 24.9. The Bertz CT molecular complexity index is 5210. The third-order valence-electron chi connectivity index (χ3n) is 30.2. The summed E-state index contributed by atoms with van der Waals surface area (Å²) in [5.41, 5.74) is 18.8. The summed E-state index contributed by atoms with van der Waals surface area (Å²) in [6, 6.07) is 57.2. The molecule has 0 radical (unpaired) electrons. The number of H-pyrrole nitrogens is 1. The molecule has 19 rings (SSSR count). The Morgan fingerprint density at radius 1 is 0.521 bits per heavy atom. The van der Waals surface area contributed by atoms with Gasteiger partial charge in [-0.1, -0.05) is 111 Å². The fourth-order valence-electron chi connectivity index (χ4n) is 23.6. The first kappa shape index (κ1) is 86.3. The number of phenols is 5. The van der Waals surface area contributed by atoms with Crippen LogP contribution in [0.3, 0.4) is 0 Å². The number of benzene rings is 7. The zero-order valence-corrected chi connectivity index (χ0v) is 74.1. The molecule has 640 valence electrons. The van der Waals surface area contributed by atoms with Crippen LogP contribution >= 0.6 is 0 Å². The number of aromatic amines is 1. The second kappa shape index (κ2) is 35.7. The number of amides is 1. The summed E-state index contributed by atoms with van der Waals surface area (Å²) in [5, 5.41) is 53.3. The van der Waals surface area contributed by atoms with Crippen molar-refractivity contribution in [1.29, 1.82) is 0 Å². The summed E-state index contributed by atoms with van der Waals surface area (Å²) in [7, 11) is 12.6. The van der Waals surface area contributed by atoms with Gasteiger partial charge < -0.3 is 64.7 Å². The first-order valence-corrected chi connectivity index (χ1v) is 45.0. The first-order chi connectivity index (χ1) is 58.1. The second-order valence-corrected chi connectivity index (χ2v) is 38.0. The van der Waals surface area contributed by atoms with Crippen LogP contribution < -0.4 is 4.74 Å². The number of fused-ring (bicyclic) bond motifs is 8. The molecule has 9 aliphatic rings. The number of ketones is 1. The molecule has 5 fully saturated rings. The van der Waals surface area contributed by atoms with Crippen LogP contribution in [-0.2, 0) is 76.8 Å². The minimum absolute atomic E-state index is 0.0771. The minimum atomic E-state index is -0.389. The first-order valence-electron chi connectivity index (χ1n) is 45.0. The van der Waals surface area contributed by atoms with E-state index in [4.69, 9.17) is 14.7 Å². The number of aromatic nitrogens is 3. The van der Waals surface area contributed by atoms with Gasteiger partial charge in [0.05, 0.1) is 23.6 Å².